The molecule has 74 valence electrons. The van der Waals surface area contributed by atoms with E-state index in [0.29, 0.717) is 11.3 Å². The van der Waals surface area contributed by atoms with E-state index in [0.717, 1.165) is 0 Å². The van der Waals surface area contributed by atoms with Crippen LogP contribution in [0.25, 0.3) is 0 Å². The fourth-order valence-electron chi connectivity index (χ4n) is 1.33. The van der Waals surface area contributed by atoms with Crippen LogP contribution in [0.4, 0.5) is 0 Å². The Morgan fingerprint density at radius 2 is 1.93 bits per heavy atom. The third kappa shape index (κ3) is 1.53. The largest absolute Gasteiger partial charge is 0.482 e. The molecule has 1 aromatic rings. The summed E-state index contributed by atoms with van der Waals surface area (Å²) in [5.41, 5.74) is -0.745. The Balaban J connectivity index is 2.34. The van der Waals surface area contributed by atoms with Crippen molar-refractivity contribution in [2.24, 2.45) is 0 Å². The van der Waals surface area contributed by atoms with Crippen LogP contribution < -0.4 is 0 Å². The highest BCUT2D eigenvalue weighted by molar-refractivity contribution is 7.92. The lowest BCUT2D eigenvalue weighted by atomic mass is 10.4. The molecule has 0 spiro atoms. The van der Waals surface area contributed by atoms with E-state index in [1.54, 1.807) is 36.4 Å². The van der Waals surface area contributed by atoms with Crippen LogP contribution in [0.5, 0.6) is 0 Å². The molecule has 0 fully saturated rings. The second-order valence-corrected chi connectivity index (χ2v) is 5.12. The first-order valence-corrected chi connectivity index (χ1v) is 5.85. The zero-order valence-electron chi connectivity index (χ0n) is 7.46. The van der Waals surface area contributed by atoms with Crippen LogP contribution in [0, 0.1) is 0 Å². The summed E-state index contributed by atoms with van der Waals surface area (Å²) < 4.78 is 28.7. The third-order valence-electron chi connectivity index (χ3n) is 2.07. The molecule has 2 rings (SSSR count). The Kier molecular flexibility index (Phi) is 2.29. The molecule has 0 N–H and O–H groups in total. The minimum absolute atomic E-state index is 0.314. The summed E-state index contributed by atoms with van der Waals surface area (Å²) in [5.74, 6) is 0. The van der Waals surface area contributed by atoms with E-state index in [2.05, 4.69) is 0 Å². The minimum Gasteiger partial charge on any atom is -0.482 e. The first-order valence-electron chi connectivity index (χ1n) is 4.31. The molecule has 0 saturated heterocycles. The quantitative estimate of drug-likeness (QED) is 0.746. The van der Waals surface area contributed by atoms with E-state index in [-0.39, 0.29) is 0 Å². The van der Waals surface area contributed by atoms with Gasteiger partial charge < -0.3 is 4.74 Å². The molecule has 3 nitrogen and oxygen atoms in total. The van der Waals surface area contributed by atoms with Crippen LogP contribution in [-0.2, 0) is 14.6 Å². The molecule has 0 aromatic heterocycles. The zero-order chi connectivity index (χ0) is 10.0. The van der Waals surface area contributed by atoms with Crippen molar-refractivity contribution in [1.82, 2.24) is 0 Å². The number of hydrogen-bond acceptors (Lipinski definition) is 3. The SMILES string of the molecule is O=S(=O)(c1ccccc1)C1CC=CO1. The molecule has 0 radical (unpaired) electrons. The molecule has 1 atom stereocenters. The van der Waals surface area contributed by atoms with Gasteiger partial charge in [0.2, 0.25) is 15.3 Å². The van der Waals surface area contributed by atoms with Gasteiger partial charge in [0.1, 0.15) is 0 Å². The summed E-state index contributed by atoms with van der Waals surface area (Å²) in [6, 6.07) is 8.35. The van der Waals surface area contributed by atoms with E-state index < -0.39 is 15.3 Å². The van der Waals surface area contributed by atoms with Crippen LogP contribution >= 0.6 is 0 Å². The zero-order valence-corrected chi connectivity index (χ0v) is 8.28. The van der Waals surface area contributed by atoms with Crippen molar-refractivity contribution in [3.05, 3.63) is 42.7 Å². The molecule has 1 heterocycles. The topological polar surface area (TPSA) is 43.4 Å². The first kappa shape index (κ1) is 9.27. The molecule has 0 bridgehead atoms. The number of benzene rings is 1. The van der Waals surface area contributed by atoms with Crippen molar-refractivity contribution in [3.63, 3.8) is 0 Å². The fourth-order valence-corrected chi connectivity index (χ4v) is 2.74. The summed E-state index contributed by atoms with van der Waals surface area (Å²) in [6.07, 6.45) is 3.58. The van der Waals surface area contributed by atoms with E-state index >= 15 is 0 Å². The van der Waals surface area contributed by atoms with Crippen molar-refractivity contribution in [2.75, 3.05) is 0 Å². The normalized spacial score (nSPS) is 20.7. The Labute approximate surface area is 82.9 Å². The van der Waals surface area contributed by atoms with Gasteiger partial charge >= 0.3 is 0 Å². The fraction of sp³-hybridized carbons (Fsp3) is 0.200. The van der Waals surface area contributed by atoms with E-state index in [1.165, 1.54) is 6.26 Å². The summed E-state index contributed by atoms with van der Waals surface area (Å²) in [6.45, 7) is 0. The number of hydrogen-bond donors (Lipinski definition) is 0. The van der Waals surface area contributed by atoms with Gasteiger partial charge in [-0.15, -0.1) is 0 Å². The van der Waals surface area contributed by atoms with E-state index in [1.807, 2.05) is 0 Å². The van der Waals surface area contributed by atoms with Gasteiger partial charge in [-0.05, 0) is 18.2 Å². The van der Waals surface area contributed by atoms with Gasteiger partial charge in [-0.25, -0.2) is 8.42 Å². The lowest BCUT2D eigenvalue weighted by Gasteiger charge is -2.11. The van der Waals surface area contributed by atoms with E-state index in [4.69, 9.17) is 4.74 Å². The number of rotatable bonds is 2. The molecule has 0 amide bonds. The standard InChI is InChI=1S/C10H10O3S/c11-14(12,10-7-4-8-13-10)9-5-2-1-3-6-9/h1-6,8,10H,7H2. The number of sulfone groups is 1. The van der Waals surface area contributed by atoms with Crippen molar-refractivity contribution in [2.45, 2.75) is 16.8 Å². The van der Waals surface area contributed by atoms with Gasteiger partial charge in [0.25, 0.3) is 0 Å². The van der Waals surface area contributed by atoms with E-state index in [9.17, 15) is 8.42 Å². The van der Waals surface area contributed by atoms with Crippen molar-refractivity contribution in [1.29, 1.82) is 0 Å². The Hall–Kier alpha value is -1.29. The molecule has 14 heavy (non-hydrogen) atoms. The summed E-state index contributed by atoms with van der Waals surface area (Å²) in [7, 11) is -3.32. The average molecular weight is 210 g/mol. The van der Waals surface area contributed by atoms with Gasteiger partial charge in [0.05, 0.1) is 11.2 Å². The molecule has 1 aliphatic rings. The van der Waals surface area contributed by atoms with Gasteiger partial charge in [0, 0.05) is 6.42 Å². The van der Waals surface area contributed by atoms with Gasteiger partial charge in [-0.1, -0.05) is 18.2 Å². The molecule has 4 heteroatoms. The Morgan fingerprint density at radius 3 is 2.50 bits per heavy atom. The van der Waals surface area contributed by atoms with Gasteiger partial charge in [0.15, 0.2) is 0 Å². The highest BCUT2D eigenvalue weighted by Crippen LogP contribution is 2.22. The van der Waals surface area contributed by atoms with Crippen molar-refractivity contribution in [3.8, 4) is 0 Å². The Bertz CT molecular complexity index is 426. The van der Waals surface area contributed by atoms with Gasteiger partial charge in [-0.2, -0.15) is 0 Å². The van der Waals surface area contributed by atoms with Crippen LogP contribution in [0.1, 0.15) is 6.42 Å². The van der Waals surface area contributed by atoms with Crippen LogP contribution in [0.2, 0.25) is 0 Å². The Morgan fingerprint density at radius 1 is 1.21 bits per heavy atom. The first-order chi connectivity index (χ1) is 6.71. The average Bonchev–Trinajstić information content (AvgIpc) is 2.72. The van der Waals surface area contributed by atoms with Crippen LogP contribution in [-0.4, -0.2) is 13.9 Å². The maximum Gasteiger partial charge on any atom is 0.216 e. The second-order valence-electron chi connectivity index (χ2n) is 3.03. The van der Waals surface area contributed by atoms with Crippen LogP contribution in [0.3, 0.4) is 0 Å². The maximum atomic E-state index is 11.9. The highest BCUT2D eigenvalue weighted by atomic mass is 32.2. The molecule has 0 saturated carbocycles. The van der Waals surface area contributed by atoms with Crippen molar-refractivity contribution < 1.29 is 13.2 Å². The molecule has 1 aromatic carbocycles. The minimum atomic E-state index is -3.32. The summed E-state index contributed by atoms with van der Waals surface area (Å²) in [4.78, 5) is 0.314. The van der Waals surface area contributed by atoms with Crippen LogP contribution in [0.15, 0.2) is 47.6 Å². The summed E-state index contributed by atoms with van der Waals surface area (Å²) in [5, 5.41) is 0. The second kappa shape index (κ2) is 3.46. The molecule has 0 aliphatic carbocycles. The molecule has 1 aliphatic heterocycles. The maximum absolute atomic E-state index is 11.9. The molecular formula is C10H10O3S. The highest BCUT2D eigenvalue weighted by Gasteiger charge is 2.29. The third-order valence-corrected chi connectivity index (χ3v) is 4.00. The monoisotopic (exact) mass is 210 g/mol. The smallest absolute Gasteiger partial charge is 0.216 e. The lowest BCUT2D eigenvalue weighted by Crippen LogP contribution is -2.19. The predicted molar refractivity (Wildman–Crippen MR) is 52.3 cm³/mol. The van der Waals surface area contributed by atoms with Crippen molar-refractivity contribution >= 4 is 9.84 Å². The van der Waals surface area contributed by atoms with Gasteiger partial charge in [-0.3, -0.25) is 0 Å². The number of ether oxygens (including phenoxy) is 1. The molecule has 1 unspecified atom stereocenters. The molecular weight excluding hydrogens is 200 g/mol. The summed E-state index contributed by atoms with van der Waals surface area (Å²) >= 11 is 0. The predicted octanol–water partition coefficient (Wildman–Crippen LogP) is 1.72. The lowest BCUT2D eigenvalue weighted by molar-refractivity contribution is 0.237.